The number of halogens is 4. The minimum Gasteiger partial charge on any atom is -0.379 e. The summed E-state index contributed by atoms with van der Waals surface area (Å²) in [6.07, 6.45) is -2.32. The van der Waals surface area contributed by atoms with Crippen molar-refractivity contribution in [2.24, 2.45) is 0 Å². The molecule has 13 heteroatoms. The Kier molecular flexibility index (Phi) is 7.93. The molecule has 2 aromatic heterocycles. The van der Waals surface area contributed by atoms with Crippen molar-refractivity contribution >= 4 is 34.2 Å². The van der Waals surface area contributed by atoms with E-state index in [0.717, 1.165) is 31.3 Å². The van der Waals surface area contributed by atoms with Gasteiger partial charge in [0.15, 0.2) is 0 Å². The minimum atomic E-state index is -4.64. The highest BCUT2D eigenvalue weighted by atomic mass is 35.5. The van der Waals surface area contributed by atoms with E-state index in [-0.39, 0.29) is 17.1 Å². The van der Waals surface area contributed by atoms with Gasteiger partial charge in [0.25, 0.3) is 5.91 Å². The van der Waals surface area contributed by atoms with Gasteiger partial charge < -0.3 is 19.7 Å². The largest absolute Gasteiger partial charge is 0.451 e. The second-order valence-corrected chi connectivity index (χ2v) is 9.38. The number of rotatable bonds is 6. The molecule has 38 heavy (non-hydrogen) atoms. The third-order valence-electron chi connectivity index (χ3n) is 6.62. The number of aromatic nitrogens is 3. The quantitative estimate of drug-likeness (QED) is 0.500. The van der Waals surface area contributed by atoms with Gasteiger partial charge in [-0.2, -0.15) is 13.2 Å². The van der Waals surface area contributed by atoms with E-state index in [1.165, 1.54) is 0 Å². The molecule has 202 valence electrons. The van der Waals surface area contributed by atoms with Crippen LogP contribution in [0.4, 0.5) is 19.0 Å². The van der Waals surface area contributed by atoms with Gasteiger partial charge in [0.2, 0.25) is 5.82 Å². The Hall–Kier alpha value is -3.06. The number of nitrogens with zero attached hydrogens (tertiary/aromatic N) is 5. The SMILES string of the molecule is O=C(NCC(c1cnc(C(F)(F)F)nc1)N1CCOCC1)c1c(Cl)ccc2nc(N3CCOCC3)ccc12. The van der Waals surface area contributed by atoms with E-state index in [1.807, 2.05) is 17.0 Å². The van der Waals surface area contributed by atoms with Crippen molar-refractivity contribution in [2.45, 2.75) is 12.2 Å². The molecule has 2 saturated heterocycles. The third kappa shape index (κ3) is 5.83. The van der Waals surface area contributed by atoms with Crippen molar-refractivity contribution in [1.82, 2.24) is 25.2 Å². The van der Waals surface area contributed by atoms with Gasteiger partial charge in [-0.05, 0) is 24.3 Å². The average Bonchev–Trinajstić information content (AvgIpc) is 2.93. The molecular formula is C25H26ClF3N6O3. The highest BCUT2D eigenvalue weighted by Gasteiger charge is 2.35. The van der Waals surface area contributed by atoms with Gasteiger partial charge in [-0.1, -0.05) is 11.6 Å². The fourth-order valence-corrected chi connectivity index (χ4v) is 4.90. The van der Waals surface area contributed by atoms with E-state index in [9.17, 15) is 18.0 Å². The second-order valence-electron chi connectivity index (χ2n) is 8.97. The van der Waals surface area contributed by atoms with Gasteiger partial charge in [-0.15, -0.1) is 0 Å². The first-order valence-corrected chi connectivity index (χ1v) is 12.6. The summed E-state index contributed by atoms with van der Waals surface area (Å²) in [7, 11) is 0. The van der Waals surface area contributed by atoms with Gasteiger partial charge in [0.05, 0.1) is 48.6 Å². The van der Waals surface area contributed by atoms with E-state index in [1.54, 1.807) is 12.1 Å². The van der Waals surface area contributed by atoms with Crippen LogP contribution in [0, 0.1) is 0 Å². The molecule has 3 aromatic rings. The number of amides is 1. The molecule has 5 rings (SSSR count). The molecule has 0 radical (unpaired) electrons. The van der Waals surface area contributed by atoms with E-state index >= 15 is 0 Å². The molecule has 1 N–H and O–H groups in total. The highest BCUT2D eigenvalue weighted by molar-refractivity contribution is 6.35. The van der Waals surface area contributed by atoms with Crippen molar-refractivity contribution in [1.29, 1.82) is 0 Å². The number of alkyl halides is 3. The minimum absolute atomic E-state index is 0.111. The summed E-state index contributed by atoms with van der Waals surface area (Å²) in [4.78, 5) is 29.3. The molecule has 0 saturated carbocycles. The fourth-order valence-electron chi connectivity index (χ4n) is 4.65. The number of ether oxygens (including phenoxy) is 2. The van der Waals surface area contributed by atoms with E-state index in [0.29, 0.717) is 56.0 Å². The molecule has 2 fully saturated rings. The molecule has 1 atom stereocenters. The Balaban J connectivity index is 1.38. The Morgan fingerprint density at radius 3 is 2.32 bits per heavy atom. The van der Waals surface area contributed by atoms with E-state index in [2.05, 4.69) is 20.2 Å². The topological polar surface area (TPSA) is 92.7 Å². The van der Waals surface area contributed by atoms with Crippen LogP contribution < -0.4 is 10.2 Å². The lowest BCUT2D eigenvalue weighted by atomic mass is 10.1. The van der Waals surface area contributed by atoms with E-state index in [4.69, 9.17) is 26.1 Å². The van der Waals surface area contributed by atoms with Gasteiger partial charge in [-0.3, -0.25) is 9.69 Å². The van der Waals surface area contributed by atoms with Crippen LogP contribution in [0.2, 0.25) is 5.02 Å². The van der Waals surface area contributed by atoms with Crippen LogP contribution in [0.15, 0.2) is 36.7 Å². The summed E-state index contributed by atoms with van der Waals surface area (Å²) in [5.41, 5.74) is 1.38. The van der Waals surface area contributed by atoms with Gasteiger partial charge in [0, 0.05) is 56.1 Å². The van der Waals surface area contributed by atoms with Crippen molar-refractivity contribution in [3.05, 3.63) is 58.6 Å². The summed E-state index contributed by atoms with van der Waals surface area (Å²) < 4.78 is 49.8. The Bertz CT molecular complexity index is 1280. The van der Waals surface area contributed by atoms with Gasteiger partial charge in [0.1, 0.15) is 5.82 Å². The molecule has 0 bridgehead atoms. The van der Waals surface area contributed by atoms with Crippen LogP contribution in [-0.4, -0.2) is 84.9 Å². The van der Waals surface area contributed by atoms with E-state index < -0.39 is 23.9 Å². The lowest BCUT2D eigenvalue weighted by Gasteiger charge is -2.34. The molecular weight excluding hydrogens is 525 g/mol. The number of morpholine rings is 2. The zero-order chi connectivity index (χ0) is 26.7. The molecule has 1 aromatic carbocycles. The summed E-state index contributed by atoms with van der Waals surface area (Å²) in [5, 5.41) is 3.79. The zero-order valence-corrected chi connectivity index (χ0v) is 21.1. The summed E-state index contributed by atoms with van der Waals surface area (Å²) in [6, 6.07) is 6.64. The van der Waals surface area contributed by atoms with Gasteiger partial charge in [-0.25, -0.2) is 15.0 Å². The standard InChI is InChI=1S/C25H26ClF3N6O3/c26-18-2-3-19-17(1-4-21(33-19)35-7-11-38-12-8-35)22(18)23(36)30-15-20(34-5-9-37-10-6-34)16-13-31-24(32-14-16)25(27,28)29/h1-4,13-14,20H,5-12,15H2,(H,30,36). The van der Waals surface area contributed by atoms with Crippen molar-refractivity contribution < 1.29 is 27.4 Å². The number of nitrogens with one attached hydrogen (secondary N) is 1. The Morgan fingerprint density at radius 1 is 1.00 bits per heavy atom. The van der Waals surface area contributed by atoms with Crippen LogP contribution in [0.5, 0.6) is 0 Å². The third-order valence-corrected chi connectivity index (χ3v) is 6.94. The molecule has 0 aliphatic carbocycles. The molecule has 2 aliphatic rings. The molecule has 1 unspecified atom stereocenters. The fraction of sp³-hybridized carbons (Fsp3) is 0.440. The smallest absolute Gasteiger partial charge is 0.379 e. The number of hydrogen-bond donors (Lipinski definition) is 1. The lowest BCUT2D eigenvalue weighted by Crippen LogP contribution is -2.44. The summed E-state index contributed by atoms with van der Waals surface area (Å²) in [5.74, 6) is -0.825. The first kappa shape index (κ1) is 26.5. The maximum Gasteiger partial charge on any atom is 0.451 e. The van der Waals surface area contributed by atoms with Crippen molar-refractivity contribution in [2.75, 3.05) is 64.1 Å². The predicted molar refractivity (Wildman–Crippen MR) is 134 cm³/mol. The van der Waals surface area contributed by atoms with Crippen LogP contribution in [0.25, 0.3) is 10.9 Å². The number of pyridine rings is 1. The maximum atomic E-state index is 13.4. The molecule has 1 amide bonds. The molecule has 9 nitrogen and oxygen atoms in total. The maximum absolute atomic E-state index is 13.4. The summed E-state index contributed by atoms with van der Waals surface area (Å²) >= 11 is 6.46. The Labute approximate surface area is 221 Å². The normalized spacial score (nSPS) is 17.9. The first-order chi connectivity index (χ1) is 18.3. The second kappa shape index (κ2) is 11.4. The molecule has 2 aliphatic heterocycles. The van der Waals surface area contributed by atoms with Crippen molar-refractivity contribution in [3.63, 3.8) is 0 Å². The van der Waals surface area contributed by atoms with Crippen LogP contribution in [0.3, 0.4) is 0 Å². The summed E-state index contributed by atoms with van der Waals surface area (Å²) in [6.45, 7) is 4.86. The number of hydrogen-bond acceptors (Lipinski definition) is 8. The monoisotopic (exact) mass is 550 g/mol. The zero-order valence-electron chi connectivity index (χ0n) is 20.4. The van der Waals surface area contributed by atoms with Gasteiger partial charge >= 0.3 is 6.18 Å². The number of carbonyl (C=O) groups excluding carboxylic acids is 1. The molecule has 0 spiro atoms. The first-order valence-electron chi connectivity index (χ1n) is 12.2. The number of benzene rings is 1. The highest BCUT2D eigenvalue weighted by Crippen LogP contribution is 2.29. The molecule has 4 heterocycles. The lowest BCUT2D eigenvalue weighted by molar-refractivity contribution is -0.145. The Morgan fingerprint density at radius 2 is 1.66 bits per heavy atom. The van der Waals surface area contributed by atoms with Crippen LogP contribution in [-0.2, 0) is 15.7 Å². The number of carbonyl (C=O) groups is 1. The van der Waals surface area contributed by atoms with Crippen molar-refractivity contribution in [3.8, 4) is 0 Å². The average molecular weight is 551 g/mol. The predicted octanol–water partition coefficient (Wildman–Crippen LogP) is 3.34. The van der Waals surface area contributed by atoms with Crippen LogP contribution in [0.1, 0.15) is 27.8 Å². The van der Waals surface area contributed by atoms with Crippen LogP contribution >= 0.6 is 11.6 Å². The number of anilines is 1. The number of fused-ring (bicyclic) bond motifs is 1.